The fourth-order valence-electron chi connectivity index (χ4n) is 3.75. The van der Waals surface area contributed by atoms with E-state index in [0.717, 1.165) is 10.8 Å². The minimum absolute atomic E-state index is 0.138. The predicted octanol–water partition coefficient (Wildman–Crippen LogP) is 3.12. The number of ether oxygens (including phenoxy) is 2. The van der Waals surface area contributed by atoms with Crippen molar-refractivity contribution in [3.63, 3.8) is 0 Å². The van der Waals surface area contributed by atoms with Gasteiger partial charge in [0.25, 0.3) is 0 Å². The molecule has 0 saturated heterocycles. The monoisotopic (exact) mass is 334 g/mol. The van der Waals surface area contributed by atoms with Crippen LogP contribution in [-0.4, -0.2) is 22.1 Å². The molecule has 0 saturated carbocycles. The maximum absolute atomic E-state index is 12.3. The van der Waals surface area contributed by atoms with Crippen molar-refractivity contribution in [3.8, 4) is 17.2 Å². The highest BCUT2D eigenvalue weighted by Crippen LogP contribution is 2.50. The Morgan fingerprint density at radius 2 is 1.60 bits per heavy atom. The number of aromatic hydroxyl groups is 1. The molecule has 1 unspecified atom stereocenters. The summed E-state index contributed by atoms with van der Waals surface area (Å²) < 4.78 is 12.3. The van der Waals surface area contributed by atoms with Crippen LogP contribution in [0.1, 0.15) is 22.3 Å². The van der Waals surface area contributed by atoms with E-state index in [9.17, 15) is 15.0 Å². The minimum atomic E-state index is -1.56. The zero-order valence-electron chi connectivity index (χ0n) is 13.1. The highest BCUT2D eigenvalue weighted by Gasteiger charge is 2.54. The predicted molar refractivity (Wildman–Crippen MR) is 89.9 cm³/mol. The van der Waals surface area contributed by atoms with Gasteiger partial charge in [-0.3, -0.25) is 4.79 Å². The second-order valence-electron chi connectivity index (χ2n) is 6.32. The molecule has 1 atom stereocenters. The molecule has 0 radical (unpaired) electrons. The van der Waals surface area contributed by atoms with Crippen molar-refractivity contribution in [2.24, 2.45) is 0 Å². The summed E-state index contributed by atoms with van der Waals surface area (Å²) in [4.78, 5) is 12.3. The number of hydrogen-bond donors (Lipinski definition) is 2. The third-order valence-electron chi connectivity index (χ3n) is 4.87. The number of hydrogen-bond acceptors (Lipinski definition) is 5. The number of Topliss-reactive ketones (excluding diaryl/α,β-unsaturated/α-hetero) is 1. The number of fused-ring (bicyclic) bond motifs is 2. The second kappa shape index (κ2) is 4.74. The average molecular weight is 334 g/mol. The number of carbonyl (C=O) groups excluding carboxylic acids is 1. The lowest BCUT2D eigenvalue weighted by Gasteiger charge is -2.44. The number of aliphatic hydroxyl groups excluding tert-OH is 1. The minimum Gasteiger partial charge on any atom is -0.507 e. The highest BCUT2D eigenvalue weighted by atomic mass is 16.7. The zero-order chi connectivity index (χ0) is 17.2. The lowest BCUT2D eigenvalue weighted by atomic mass is 9.82. The fourth-order valence-corrected chi connectivity index (χ4v) is 3.75. The molecule has 3 aromatic rings. The Bertz CT molecular complexity index is 999. The molecular formula is C20H14O5. The zero-order valence-corrected chi connectivity index (χ0v) is 13.1. The number of benzene rings is 3. The normalized spacial score (nSPS) is 20.0. The molecule has 2 N–H and O–H groups in total. The number of carbonyl (C=O) groups is 1. The molecule has 3 aromatic carbocycles. The Morgan fingerprint density at radius 3 is 2.28 bits per heavy atom. The smallest absolute Gasteiger partial charge is 0.305 e. The van der Waals surface area contributed by atoms with Gasteiger partial charge in [-0.15, -0.1) is 0 Å². The standard InChI is InChI=1S/C20H14O5/c21-13-7-3-6-12-19(13)14(22)10-17(23)20(12)24-15-8-1-4-11-5-2-9-16(25-20)18(11)15/h1-9,17,21,23H,10H2. The molecule has 1 spiro atoms. The van der Waals surface area contributed by atoms with E-state index in [1.807, 2.05) is 36.4 Å². The van der Waals surface area contributed by atoms with Crippen LogP contribution in [0, 0.1) is 0 Å². The van der Waals surface area contributed by atoms with Crippen LogP contribution in [0.4, 0.5) is 0 Å². The van der Waals surface area contributed by atoms with E-state index in [0.29, 0.717) is 17.1 Å². The van der Waals surface area contributed by atoms with Gasteiger partial charge in [-0.2, -0.15) is 0 Å². The van der Waals surface area contributed by atoms with Crippen molar-refractivity contribution in [2.75, 3.05) is 0 Å². The summed E-state index contributed by atoms with van der Waals surface area (Å²) in [6, 6.07) is 15.9. The molecule has 25 heavy (non-hydrogen) atoms. The summed E-state index contributed by atoms with van der Waals surface area (Å²) in [6.07, 6.45) is -1.39. The van der Waals surface area contributed by atoms with Gasteiger partial charge < -0.3 is 19.7 Å². The molecule has 0 bridgehead atoms. The van der Waals surface area contributed by atoms with E-state index >= 15 is 0 Å². The van der Waals surface area contributed by atoms with Crippen LogP contribution in [-0.2, 0) is 5.79 Å². The van der Waals surface area contributed by atoms with E-state index in [1.165, 1.54) is 6.07 Å². The molecule has 1 aliphatic heterocycles. The van der Waals surface area contributed by atoms with Gasteiger partial charge in [0.05, 0.1) is 16.5 Å². The first-order valence-electron chi connectivity index (χ1n) is 8.03. The number of phenols is 1. The Balaban J connectivity index is 1.80. The summed E-state index contributed by atoms with van der Waals surface area (Å²) in [5.41, 5.74) is 0.474. The van der Waals surface area contributed by atoms with Gasteiger partial charge >= 0.3 is 5.79 Å². The van der Waals surface area contributed by atoms with Gasteiger partial charge in [-0.05, 0) is 23.6 Å². The first-order chi connectivity index (χ1) is 12.1. The van der Waals surface area contributed by atoms with Gasteiger partial charge in [0.1, 0.15) is 23.4 Å². The summed E-state index contributed by atoms with van der Waals surface area (Å²) >= 11 is 0. The van der Waals surface area contributed by atoms with Crippen LogP contribution in [0.15, 0.2) is 54.6 Å². The third-order valence-corrected chi connectivity index (χ3v) is 4.87. The van der Waals surface area contributed by atoms with E-state index in [-0.39, 0.29) is 23.5 Å². The van der Waals surface area contributed by atoms with Crippen molar-refractivity contribution >= 4 is 16.6 Å². The van der Waals surface area contributed by atoms with Gasteiger partial charge in [0.2, 0.25) is 0 Å². The van der Waals surface area contributed by atoms with Crippen molar-refractivity contribution < 1.29 is 24.5 Å². The van der Waals surface area contributed by atoms with Crippen molar-refractivity contribution in [3.05, 3.63) is 65.7 Å². The number of aliphatic hydroxyl groups is 1. The average Bonchev–Trinajstić information content (AvgIpc) is 2.60. The summed E-state index contributed by atoms with van der Waals surface area (Å²) in [5.74, 6) is -0.900. The van der Waals surface area contributed by atoms with E-state index in [4.69, 9.17) is 9.47 Å². The summed E-state index contributed by atoms with van der Waals surface area (Å²) in [5, 5.41) is 22.7. The molecular weight excluding hydrogens is 320 g/mol. The maximum atomic E-state index is 12.3. The quantitative estimate of drug-likeness (QED) is 0.661. The molecule has 0 fully saturated rings. The van der Waals surface area contributed by atoms with Crippen molar-refractivity contribution in [1.29, 1.82) is 0 Å². The second-order valence-corrected chi connectivity index (χ2v) is 6.32. The molecule has 5 heteroatoms. The number of ketones is 1. The van der Waals surface area contributed by atoms with Crippen LogP contribution in [0.5, 0.6) is 17.2 Å². The van der Waals surface area contributed by atoms with Gasteiger partial charge in [-0.25, -0.2) is 0 Å². The fraction of sp³-hybridized carbons (Fsp3) is 0.150. The van der Waals surface area contributed by atoms with E-state index < -0.39 is 11.9 Å². The molecule has 1 aliphatic carbocycles. The molecule has 5 nitrogen and oxygen atoms in total. The Hall–Kier alpha value is -3.05. The lowest BCUT2D eigenvalue weighted by Crippen LogP contribution is -2.55. The van der Waals surface area contributed by atoms with E-state index in [2.05, 4.69) is 0 Å². The molecule has 0 aromatic heterocycles. The molecule has 5 rings (SSSR count). The van der Waals surface area contributed by atoms with Crippen molar-refractivity contribution in [1.82, 2.24) is 0 Å². The summed E-state index contributed by atoms with van der Waals surface area (Å²) in [6.45, 7) is 0. The van der Waals surface area contributed by atoms with Gasteiger partial charge in [0, 0.05) is 6.42 Å². The van der Waals surface area contributed by atoms with Crippen molar-refractivity contribution in [2.45, 2.75) is 18.3 Å². The Morgan fingerprint density at radius 1 is 0.960 bits per heavy atom. The van der Waals surface area contributed by atoms with Crippen LogP contribution >= 0.6 is 0 Å². The molecule has 1 heterocycles. The van der Waals surface area contributed by atoms with Gasteiger partial charge in [0.15, 0.2) is 5.78 Å². The van der Waals surface area contributed by atoms with E-state index in [1.54, 1.807) is 12.1 Å². The topological polar surface area (TPSA) is 76.0 Å². The Labute approximate surface area is 143 Å². The Kier molecular flexibility index (Phi) is 2.71. The van der Waals surface area contributed by atoms with Gasteiger partial charge in [-0.1, -0.05) is 36.4 Å². The SMILES string of the molecule is O=C1CC(O)C2(Oc3cccc4cccc(c34)O2)c2cccc(O)c21. The largest absolute Gasteiger partial charge is 0.507 e. The highest BCUT2D eigenvalue weighted by molar-refractivity contribution is 6.02. The van der Waals surface area contributed by atoms with Crippen LogP contribution in [0.3, 0.4) is 0 Å². The third kappa shape index (κ3) is 1.78. The first-order valence-corrected chi connectivity index (χ1v) is 8.03. The molecule has 0 amide bonds. The van der Waals surface area contributed by atoms with Crippen LogP contribution < -0.4 is 9.47 Å². The number of rotatable bonds is 0. The van der Waals surface area contributed by atoms with Crippen LogP contribution in [0.2, 0.25) is 0 Å². The number of phenolic OH excluding ortho intramolecular Hbond substituents is 1. The summed E-state index contributed by atoms with van der Waals surface area (Å²) in [7, 11) is 0. The van der Waals surface area contributed by atoms with Crippen LogP contribution in [0.25, 0.3) is 10.8 Å². The molecule has 2 aliphatic rings. The molecule has 124 valence electrons. The first kappa shape index (κ1) is 14.3. The lowest BCUT2D eigenvalue weighted by molar-refractivity contribution is -0.200. The maximum Gasteiger partial charge on any atom is 0.305 e.